The van der Waals surface area contributed by atoms with Crippen molar-refractivity contribution in [1.82, 2.24) is 19.5 Å². The van der Waals surface area contributed by atoms with Crippen molar-refractivity contribution in [2.24, 2.45) is 0 Å². The Kier molecular flexibility index (Phi) is 3.96. The van der Waals surface area contributed by atoms with Gasteiger partial charge in [0, 0.05) is 6.04 Å². The second-order valence-electron chi connectivity index (χ2n) is 4.46. The number of nitrogens with zero attached hydrogens (tertiary/aromatic N) is 3. The summed E-state index contributed by atoms with van der Waals surface area (Å²) >= 11 is 0. The fraction of sp³-hybridized carbons (Fsp3) is 0.333. The van der Waals surface area contributed by atoms with Gasteiger partial charge in [-0.1, -0.05) is 12.1 Å². The maximum absolute atomic E-state index is 12.2. The van der Waals surface area contributed by atoms with Crippen LogP contribution in [0.2, 0.25) is 0 Å². The lowest BCUT2D eigenvalue weighted by molar-refractivity contribution is 0.493. The molecule has 7 heteroatoms. The summed E-state index contributed by atoms with van der Waals surface area (Å²) in [5.74, 6) is 0. The molecule has 0 aliphatic rings. The molecule has 0 saturated carbocycles. The zero-order chi connectivity index (χ0) is 13.9. The number of hydrogen-bond donors (Lipinski definition) is 1. The summed E-state index contributed by atoms with van der Waals surface area (Å²) in [6.45, 7) is 4.08. The van der Waals surface area contributed by atoms with Crippen LogP contribution in [0, 0.1) is 6.92 Å². The first-order chi connectivity index (χ1) is 8.97. The second kappa shape index (κ2) is 5.50. The molecule has 0 unspecified atom stereocenters. The van der Waals surface area contributed by atoms with Gasteiger partial charge in [-0.15, -0.1) is 0 Å². The molecule has 0 spiro atoms. The second-order valence-corrected chi connectivity index (χ2v) is 6.17. The third kappa shape index (κ3) is 3.62. The lowest BCUT2D eigenvalue weighted by Gasteiger charge is -2.14. The van der Waals surface area contributed by atoms with Gasteiger partial charge in [0.25, 0.3) is 0 Å². The van der Waals surface area contributed by atoms with Crippen LogP contribution in [0.25, 0.3) is 0 Å². The van der Waals surface area contributed by atoms with E-state index >= 15 is 0 Å². The lowest BCUT2D eigenvalue weighted by Crippen LogP contribution is -2.35. The standard InChI is InChI=1S/C12H16N4O2S/c1-10-4-3-5-12(6-10)19(17,18)15-11(2)7-16-9-13-8-14-16/h3-6,8-9,11,15H,7H2,1-2H3/t11-/m1/s1. The molecule has 6 nitrogen and oxygen atoms in total. The average Bonchev–Trinajstić information content (AvgIpc) is 2.81. The Bertz CT molecular complexity index is 638. The predicted octanol–water partition coefficient (Wildman–Crippen LogP) is 0.954. The Morgan fingerprint density at radius 2 is 2.21 bits per heavy atom. The van der Waals surface area contributed by atoms with Crippen molar-refractivity contribution >= 4 is 10.0 Å². The van der Waals surface area contributed by atoms with Crippen LogP contribution in [0.3, 0.4) is 0 Å². The van der Waals surface area contributed by atoms with Crippen LogP contribution >= 0.6 is 0 Å². The Balaban J connectivity index is 2.09. The maximum atomic E-state index is 12.2. The molecule has 0 saturated heterocycles. The highest BCUT2D eigenvalue weighted by molar-refractivity contribution is 7.89. The number of hydrogen-bond acceptors (Lipinski definition) is 4. The largest absolute Gasteiger partial charge is 0.251 e. The van der Waals surface area contributed by atoms with Crippen LogP contribution in [0.5, 0.6) is 0 Å². The molecule has 2 aromatic rings. The van der Waals surface area contributed by atoms with E-state index in [4.69, 9.17) is 0 Å². The number of benzene rings is 1. The first-order valence-electron chi connectivity index (χ1n) is 5.89. The van der Waals surface area contributed by atoms with E-state index in [0.717, 1.165) is 5.56 Å². The van der Waals surface area contributed by atoms with E-state index < -0.39 is 10.0 Å². The zero-order valence-corrected chi connectivity index (χ0v) is 11.6. The van der Waals surface area contributed by atoms with Crippen molar-refractivity contribution in [3.63, 3.8) is 0 Å². The smallest absolute Gasteiger partial charge is 0.240 e. The van der Waals surface area contributed by atoms with Crippen LogP contribution in [-0.2, 0) is 16.6 Å². The van der Waals surface area contributed by atoms with E-state index in [1.54, 1.807) is 36.1 Å². The van der Waals surface area contributed by atoms with Gasteiger partial charge in [0.05, 0.1) is 11.4 Å². The van der Waals surface area contributed by atoms with Gasteiger partial charge in [0.2, 0.25) is 10.0 Å². The molecule has 1 aromatic carbocycles. The molecule has 0 aliphatic carbocycles. The highest BCUT2D eigenvalue weighted by Crippen LogP contribution is 2.11. The molecule has 19 heavy (non-hydrogen) atoms. The summed E-state index contributed by atoms with van der Waals surface area (Å²) < 4.78 is 28.5. The van der Waals surface area contributed by atoms with Gasteiger partial charge in [-0.25, -0.2) is 18.1 Å². The van der Waals surface area contributed by atoms with Crippen LogP contribution < -0.4 is 4.72 Å². The Hall–Kier alpha value is -1.73. The van der Waals surface area contributed by atoms with Gasteiger partial charge >= 0.3 is 0 Å². The molecule has 1 atom stereocenters. The summed E-state index contributed by atoms with van der Waals surface area (Å²) in [6.07, 6.45) is 2.97. The zero-order valence-electron chi connectivity index (χ0n) is 10.8. The maximum Gasteiger partial charge on any atom is 0.240 e. The van der Waals surface area contributed by atoms with Crippen LogP contribution in [0.1, 0.15) is 12.5 Å². The van der Waals surface area contributed by atoms with Gasteiger partial charge in [0.15, 0.2) is 0 Å². The van der Waals surface area contributed by atoms with E-state index in [1.165, 1.54) is 6.33 Å². The minimum Gasteiger partial charge on any atom is -0.251 e. The van der Waals surface area contributed by atoms with E-state index in [9.17, 15) is 8.42 Å². The topological polar surface area (TPSA) is 76.9 Å². The SMILES string of the molecule is Cc1cccc(S(=O)(=O)N[C@H](C)Cn2cncn2)c1. The van der Waals surface area contributed by atoms with E-state index in [2.05, 4.69) is 14.8 Å². The Labute approximate surface area is 112 Å². The van der Waals surface area contributed by atoms with E-state index in [1.807, 2.05) is 13.0 Å². The molecule has 0 bridgehead atoms. The van der Waals surface area contributed by atoms with Crippen molar-refractivity contribution in [3.05, 3.63) is 42.5 Å². The third-order valence-corrected chi connectivity index (χ3v) is 4.17. The molecule has 1 aromatic heterocycles. The Morgan fingerprint density at radius 3 is 2.84 bits per heavy atom. The first-order valence-corrected chi connectivity index (χ1v) is 7.37. The molecule has 0 amide bonds. The average molecular weight is 280 g/mol. The number of rotatable bonds is 5. The molecule has 1 heterocycles. The highest BCUT2D eigenvalue weighted by Gasteiger charge is 2.17. The van der Waals surface area contributed by atoms with Crippen molar-refractivity contribution in [2.45, 2.75) is 31.3 Å². The van der Waals surface area contributed by atoms with Gasteiger partial charge in [-0.05, 0) is 31.5 Å². The molecule has 0 aliphatic heterocycles. The fourth-order valence-corrected chi connectivity index (χ4v) is 3.10. The molecule has 102 valence electrons. The van der Waals surface area contributed by atoms with Crippen molar-refractivity contribution in [3.8, 4) is 0 Å². The van der Waals surface area contributed by atoms with Crippen molar-refractivity contribution in [2.75, 3.05) is 0 Å². The fourth-order valence-electron chi connectivity index (χ4n) is 1.76. The van der Waals surface area contributed by atoms with Crippen molar-refractivity contribution < 1.29 is 8.42 Å². The number of aromatic nitrogens is 3. The lowest BCUT2D eigenvalue weighted by atomic mass is 10.2. The molecule has 1 N–H and O–H groups in total. The molecular weight excluding hydrogens is 264 g/mol. The van der Waals surface area contributed by atoms with Crippen LogP contribution in [0.4, 0.5) is 0 Å². The van der Waals surface area contributed by atoms with Gasteiger partial charge in [0.1, 0.15) is 12.7 Å². The quantitative estimate of drug-likeness (QED) is 0.884. The minimum atomic E-state index is -3.50. The summed E-state index contributed by atoms with van der Waals surface area (Å²) in [5, 5.41) is 3.94. The van der Waals surface area contributed by atoms with Crippen LogP contribution in [-0.4, -0.2) is 29.2 Å². The van der Waals surface area contributed by atoms with Gasteiger partial charge in [-0.3, -0.25) is 4.68 Å². The van der Waals surface area contributed by atoms with Crippen LogP contribution in [0.15, 0.2) is 41.8 Å². The number of sulfonamides is 1. The number of nitrogens with one attached hydrogen (secondary N) is 1. The summed E-state index contributed by atoms with van der Waals surface area (Å²) in [5.41, 5.74) is 0.909. The highest BCUT2D eigenvalue weighted by atomic mass is 32.2. The van der Waals surface area contributed by atoms with E-state index in [0.29, 0.717) is 6.54 Å². The molecule has 2 rings (SSSR count). The summed E-state index contributed by atoms with van der Waals surface area (Å²) in [7, 11) is -3.50. The number of aryl methyl sites for hydroxylation is 1. The monoisotopic (exact) mass is 280 g/mol. The normalized spacial score (nSPS) is 13.4. The first kappa shape index (κ1) is 13.7. The van der Waals surface area contributed by atoms with Gasteiger partial charge < -0.3 is 0 Å². The summed E-state index contributed by atoms with van der Waals surface area (Å²) in [6, 6.07) is 6.54. The van der Waals surface area contributed by atoms with Gasteiger partial charge in [-0.2, -0.15) is 5.10 Å². The molecule has 0 radical (unpaired) electrons. The predicted molar refractivity (Wildman–Crippen MR) is 71.0 cm³/mol. The molecule has 0 fully saturated rings. The molecular formula is C12H16N4O2S. The minimum absolute atomic E-state index is 0.271. The third-order valence-electron chi connectivity index (χ3n) is 2.58. The van der Waals surface area contributed by atoms with E-state index in [-0.39, 0.29) is 10.9 Å². The van der Waals surface area contributed by atoms with Crippen molar-refractivity contribution in [1.29, 1.82) is 0 Å². The Morgan fingerprint density at radius 1 is 1.42 bits per heavy atom. The summed E-state index contributed by atoms with van der Waals surface area (Å²) in [4.78, 5) is 4.09.